The highest BCUT2D eigenvalue weighted by Crippen LogP contribution is 2.21. The number of hydrogen-bond acceptors (Lipinski definition) is 1. The molecule has 1 heterocycles. The quantitative estimate of drug-likeness (QED) is 0.730. The zero-order valence-electron chi connectivity index (χ0n) is 8.24. The number of aromatic nitrogens is 1. The molecular formula is C11H12N2O. The standard InChI is InChI=1S/C11H12N2O/c1-8(14)12-11-7-9-5-3-4-6-10(9)13(11)2/h3-7H,1-2H3,(H,12,14). The molecule has 3 nitrogen and oxygen atoms in total. The van der Waals surface area contributed by atoms with E-state index in [4.69, 9.17) is 0 Å². The van der Waals surface area contributed by atoms with Gasteiger partial charge in [-0.1, -0.05) is 18.2 Å². The number of anilines is 1. The van der Waals surface area contributed by atoms with Crippen molar-refractivity contribution in [1.29, 1.82) is 0 Å². The topological polar surface area (TPSA) is 34.0 Å². The molecule has 1 aromatic heterocycles. The second-order valence-electron chi connectivity index (χ2n) is 3.33. The average Bonchev–Trinajstić information content (AvgIpc) is 2.44. The van der Waals surface area contributed by atoms with E-state index < -0.39 is 0 Å². The Morgan fingerprint density at radius 3 is 2.71 bits per heavy atom. The Bertz CT molecular complexity index is 485. The lowest BCUT2D eigenvalue weighted by atomic mass is 10.2. The molecule has 0 aliphatic heterocycles. The highest BCUT2D eigenvalue weighted by molar-refractivity contribution is 5.93. The summed E-state index contributed by atoms with van der Waals surface area (Å²) in [6.45, 7) is 1.51. The van der Waals surface area contributed by atoms with Crippen molar-refractivity contribution in [2.45, 2.75) is 6.92 Å². The van der Waals surface area contributed by atoms with Crippen molar-refractivity contribution in [3.8, 4) is 0 Å². The minimum Gasteiger partial charge on any atom is -0.330 e. The molecule has 72 valence electrons. The van der Waals surface area contributed by atoms with Crippen LogP contribution in [-0.4, -0.2) is 10.5 Å². The van der Waals surface area contributed by atoms with Gasteiger partial charge in [-0.25, -0.2) is 0 Å². The molecule has 0 saturated carbocycles. The first-order chi connectivity index (χ1) is 6.68. The monoisotopic (exact) mass is 188 g/mol. The number of carbonyl (C=O) groups is 1. The molecule has 3 heteroatoms. The van der Waals surface area contributed by atoms with E-state index >= 15 is 0 Å². The van der Waals surface area contributed by atoms with Crippen LogP contribution in [0.1, 0.15) is 6.92 Å². The molecule has 0 bridgehead atoms. The Morgan fingerprint density at radius 2 is 2.07 bits per heavy atom. The van der Waals surface area contributed by atoms with Crippen LogP contribution in [-0.2, 0) is 11.8 Å². The zero-order valence-corrected chi connectivity index (χ0v) is 8.24. The molecule has 2 aromatic rings. The van der Waals surface area contributed by atoms with E-state index in [-0.39, 0.29) is 5.91 Å². The Morgan fingerprint density at radius 1 is 1.36 bits per heavy atom. The summed E-state index contributed by atoms with van der Waals surface area (Å²) in [5.41, 5.74) is 1.12. The molecule has 1 N–H and O–H groups in total. The second kappa shape index (κ2) is 3.18. The number of rotatable bonds is 1. The normalized spacial score (nSPS) is 10.4. The van der Waals surface area contributed by atoms with Gasteiger partial charge in [-0.05, 0) is 12.1 Å². The largest absolute Gasteiger partial charge is 0.330 e. The molecular weight excluding hydrogens is 176 g/mol. The van der Waals surface area contributed by atoms with Gasteiger partial charge in [0.25, 0.3) is 0 Å². The third-order valence-electron chi connectivity index (χ3n) is 2.26. The van der Waals surface area contributed by atoms with Gasteiger partial charge >= 0.3 is 0 Å². The maximum absolute atomic E-state index is 10.9. The molecule has 0 aliphatic rings. The molecule has 0 spiro atoms. The number of amides is 1. The predicted molar refractivity (Wildman–Crippen MR) is 57.2 cm³/mol. The van der Waals surface area contributed by atoms with Crippen LogP contribution in [0.3, 0.4) is 0 Å². The van der Waals surface area contributed by atoms with Gasteiger partial charge in [0.05, 0.1) is 0 Å². The van der Waals surface area contributed by atoms with Crippen LogP contribution in [0, 0.1) is 0 Å². The predicted octanol–water partition coefficient (Wildman–Crippen LogP) is 2.14. The molecule has 0 radical (unpaired) electrons. The first-order valence-corrected chi connectivity index (χ1v) is 4.50. The molecule has 14 heavy (non-hydrogen) atoms. The first-order valence-electron chi connectivity index (χ1n) is 4.50. The number of carbonyl (C=O) groups excluding carboxylic acids is 1. The summed E-state index contributed by atoms with van der Waals surface area (Å²) >= 11 is 0. The molecule has 1 aromatic carbocycles. The Kier molecular flexibility index (Phi) is 2.00. The molecule has 0 aliphatic carbocycles. The molecule has 1 amide bonds. The number of benzene rings is 1. The SMILES string of the molecule is CC(=O)Nc1cc2ccccc2n1C. The number of para-hydroxylation sites is 1. The van der Waals surface area contributed by atoms with Gasteiger partial charge in [-0.15, -0.1) is 0 Å². The van der Waals surface area contributed by atoms with Crippen molar-refractivity contribution in [2.24, 2.45) is 7.05 Å². The van der Waals surface area contributed by atoms with E-state index in [1.165, 1.54) is 6.92 Å². The number of nitrogens with zero attached hydrogens (tertiary/aromatic N) is 1. The van der Waals surface area contributed by atoms with E-state index in [1.807, 2.05) is 41.9 Å². The van der Waals surface area contributed by atoms with Crippen molar-refractivity contribution in [3.63, 3.8) is 0 Å². The minimum atomic E-state index is -0.0455. The van der Waals surface area contributed by atoms with Crippen molar-refractivity contribution in [1.82, 2.24) is 4.57 Å². The van der Waals surface area contributed by atoms with E-state index in [1.54, 1.807) is 0 Å². The van der Waals surface area contributed by atoms with Crippen LogP contribution < -0.4 is 5.32 Å². The summed E-state index contributed by atoms with van der Waals surface area (Å²) in [7, 11) is 1.94. The number of fused-ring (bicyclic) bond motifs is 1. The summed E-state index contributed by atoms with van der Waals surface area (Å²) in [6, 6.07) is 10.00. The molecule has 0 fully saturated rings. The van der Waals surface area contributed by atoms with Gasteiger partial charge in [-0.3, -0.25) is 4.79 Å². The average molecular weight is 188 g/mol. The van der Waals surface area contributed by atoms with E-state index in [9.17, 15) is 4.79 Å². The van der Waals surface area contributed by atoms with Gasteiger partial charge in [0.15, 0.2) is 0 Å². The van der Waals surface area contributed by atoms with Crippen molar-refractivity contribution < 1.29 is 4.79 Å². The van der Waals surface area contributed by atoms with Crippen LogP contribution in [0.15, 0.2) is 30.3 Å². The van der Waals surface area contributed by atoms with E-state index in [0.717, 1.165) is 16.7 Å². The maximum Gasteiger partial charge on any atom is 0.222 e. The summed E-state index contributed by atoms with van der Waals surface area (Å²) in [6.07, 6.45) is 0. The van der Waals surface area contributed by atoms with Crippen molar-refractivity contribution >= 4 is 22.6 Å². The second-order valence-corrected chi connectivity index (χ2v) is 3.33. The smallest absolute Gasteiger partial charge is 0.222 e. The van der Waals surface area contributed by atoms with Crippen molar-refractivity contribution in [2.75, 3.05) is 5.32 Å². The first kappa shape index (κ1) is 8.81. The van der Waals surface area contributed by atoms with Crippen LogP contribution >= 0.6 is 0 Å². The fourth-order valence-electron chi connectivity index (χ4n) is 1.59. The molecule has 0 atom stereocenters. The molecule has 0 saturated heterocycles. The van der Waals surface area contributed by atoms with Crippen molar-refractivity contribution in [3.05, 3.63) is 30.3 Å². The van der Waals surface area contributed by atoms with Gasteiger partial charge in [-0.2, -0.15) is 0 Å². The fourth-order valence-corrected chi connectivity index (χ4v) is 1.59. The highest BCUT2D eigenvalue weighted by atomic mass is 16.1. The summed E-state index contributed by atoms with van der Waals surface area (Å²) in [4.78, 5) is 10.9. The lowest BCUT2D eigenvalue weighted by molar-refractivity contribution is -0.114. The van der Waals surface area contributed by atoms with Crippen LogP contribution in [0.2, 0.25) is 0 Å². The van der Waals surface area contributed by atoms with Gasteiger partial charge < -0.3 is 9.88 Å². The third-order valence-corrected chi connectivity index (χ3v) is 2.26. The van der Waals surface area contributed by atoms with Crippen LogP contribution in [0.5, 0.6) is 0 Å². The maximum atomic E-state index is 10.9. The number of nitrogens with one attached hydrogen (secondary N) is 1. The van der Waals surface area contributed by atoms with Gasteiger partial charge in [0, 0.05) is 24.9 Å². The summed E-state index contributed by atoms with van der Waals surface area (Å²) < 4.78 is 1.97. The molecule has 0 unspecified atom stereocenters. The lowest BCUT2D eigenvalue weighted by Gasteiger charge is -2.03. The minimum absolute atomic E-state index is 0.0455. The van der Waals surface area contributed by atoms with E-state index in [0.29, 0.717) is 0 Å². The number of aryl methyl sites for hydroxylation is 1. The third kappa shape index (κ3) is 1.37. The summed E-state index contributed by atoms with van der Waals surface area (Å²) in [5, 5.41) is 3.92. The van der Waals surface area contributed by atoms with E-state index in [2.05, 4.69) is 5.32 Å². The van der Waals surface area contributed by atoms with Gasteiger partial charge in [0.1, 0.15) is 5.82 Å². The number of hydrogen-bond donors (Lipinski definition) is 1. The van der Waals surface area contributed by atoms with Gasteiger partial charge in [0.2, 0.25) is 5.91 Å². The van der Waals surface area contributed by atoms with Crippen LogP contribution in [0.4, 0.5) is 5.82 Å². The fraction of sp³-hybridized carbons (Fsp3) is 0.182. The summed E-state index contributed by atoms with van der Waals surface area (Å²) in [5.74, 6) is 0.787. The Labute approximate surface area is 82.3 Å². The zero-order chi connectivity index (χ0) is 10.1. The Hall–Kier alpha value is -1.77. The molecule has 2 rings (SSSR count). The lowest BCUT2D eigenvalue weighted by Crippen LogP contribution is -2.08. The van der Waals surface area contributed by atoms with Crippen LogP contribution in [0.25, 0.3) is 10.9 Å². The Balaban J connectivity index is 2.57. The highest BCUT2D eigenvalue weighted by Gasteiger charge is 2.04.